The summed E-state index contributed by atoms with van der Waals surface area (Å²) < 4.78 is 6.21. The minimum atomic E-state index is -1.66. The fourth-order valence-corrected chi connectivity index (χ4v) is 8.20. The highest BCUT2D eigenvalue weighted by molar-refractivity contribution is 8.03. The van der Waals surface area contributed by atoms with Gasteiger partial charge in [0.15, 0.2) is 0 Å². The Balaban J connectivity index is 1.18. The molecule has 2 heterocycles. The van der Waals surface area contributed by atoms with Gasteiger partial charge in [0.25, 0.3) is 0 Å². The normalized spacial score (nSPS) is 27.3. The summed E-state index contributed by atoms with van der Waals surface area (Å²) in [7, 11) is 2.23. The summed E-state index contributed by atoms with van der Waals surface area (Å²) in [4.78, 5) is 17.4. The third-order valence-corrected chi connectivity index (χ3v) is 10.4. The summed E-state index contributed by atoms with van der Waals surface area (Å²) in [5.41, 5.74) is 1.07. The van der Waals surface area contributed by atoms with E-state index in [0.717, 1.165) is 49.3 Å². The van der Waals surface area contributed by atoms with Gasteiger partial charge >= 0.3 is 5.97 Å². The van der Waals surface area contributed by atoms with Crippen LogP contribution in [-0.4, -0.2) is 47.5 Å². The van der Waals surface area contributed by atoms with Gasteiger partial charge in [0.05, 0.1) is 4.88 Å². The van der Waals surface area contributed by atoms with Crippen molar-refractivity contribution in [2.45, 2.75) is 69.6 Å². The number of hydrogen-bond acceptors (Lipinski definition) is 6. The maximum absolute atomic E-state index is 13.5. The van der Waals surface area contributed by atoms with E-state index in [1.807, 2.05) is 23.6 Å². The van der Waals surface area contributed by atoms with Gasteiger partial charge in [-0.15, -0.1) is 23.1 Å². The van der Waals surface area contributed by atoms with Crippen molar-refractivity contribution in [1.82, 2.24) is 4.90 Å². The number of unbranched alkanes of at least 4 members (excludes halogenated alkanes) is 1. The minimum absolute atomic E-state index is 0.0824. The van der Waals surface area contributed by atoms with Crippen molar-refractivity contribution in [2.75, 3.05) is 19.3 Å². The molecule has 2 fully saturated rings. The van der Waals surface area contributed by atoms with Crippen LogP contribution in [0.4, 0.5) is 0 Å². The topological polar surface area (TPSA) is 49.8 Å². The lowest BCUT2D eigenvalue weighted by Gasteiger charge is -2.32. The van der Waals surface area contributed by atoms with E-state index in [4.69, 9.17) is 4.74 Å². The molecule has 0 amide bonds. The highest BCUT2D eigenvalue weighted by Crippen LogP contribution is 2.50. The highest BCUT2D eigenvalue weighted by atomic mass is 32.2. The van der Waals surface area contributed by atoms with Crippen molar-refractivity contribution in [2.24, 2.45) is 11.8 Å². The van der Waals surface area contributed by atoms with E-state index in [-0.39, 0.29) is 6.10 Å². The molecule has 5 unspecified atom stereocenters. The molecule has 5 atom stereocenters. The molecule has 2 aliphatic carbocycles. The second kappa shape index (κ2) is 10.8. The predicted octanol–water partition coefficient (Wildman–Crippen LogP) is 5.93. The van der Waals surface area contributed by atoms with Gasteiger partial charge in [0, 0.05) is 22.6 Å². The van der Waals surface area contributed by atoms with E-state index in [0.29, 0.717) is 22.8 Å². The number of thiophene rings is 1. The second-order valence-electron chi connectivity index (χ2n) is 10.5. The van der Waals surface area contributed by atoms with Gasteiger partial charge in [-0.2, -0.15) is 0 Å². The average molecular weight is 512 g/mol. The second-order valence-corrected chi connectivity index (χ2v) is 12.6. The Morgan fingerprint density at radius 3 is 2.74 bits per heavy atom. The van der Waals surface area contributed by atoms with E-state index >= 15 is 0 Å². The standard InChI is InChI=1S/C29H37NO3S2/c1-20-10-12-21(13-11-20)7-3-4-16-30(2)24-19-22-14-15-23(24)27(22)33-28(31)29(32,25-8-5-17-34-25)26-9-6-18-35-26/h5,8-13,17,22-24,27,32H,3-4,6-7,14-16,18-19H2,1-2H3. The van der Waals surface area contributed by atoms with Crippen molar-refractivity contribution in [3.05, 3.63) is 68.8 Å². The van der Waals surface area contributed by atoms with Crippen LogP contribution in [0.2, 0.25) is 0 Å². The number of benzene rings is 1. The monoisotopic (exact) mass is 511 g/mol. The molecule has 0 spiro atoms. The van der Waals surface area contributed by atoms with E-state index in [2.05, 4.69) is 43.1 Å². The van der Waals surface area contributed by atoms with Gasteiger partial charge in [-0.05, 0) is 88.4 Å². The zero-order chi connectivity index (χ0) is 24.4. The number of carbonyl (C=O) groups is 1. The Kier molecular flexibility index (Phi) is 7.73. The van der Waals surface area contributed by atoms with Gasteiger partial charge in [0.2, 0.25) is 5.60 Å². The predicted molar refractivity (Wildman–Crippen MR) is 145 cm³/mol. The van der Waals surface area contributed by atoms with Crippen molar-refractivity contribution in [1.29, 1.82) is 0 Å². The summed E-state index contributed by atoms with van der Waals surface area (Å²) in [5.74, 6) is 1.19. The molecule has 1 N–H and O–H groups in total. The number of hydrogen-bond donors (Lipinski definition) is 1. The third-order valence-electron chi connectivity index (χ3n) is 8.19. The maximum Gasteiger partial charge on any atom is 0.349 e. The van der Waals surface area contributed by atoms with Crippen LogP contribution in [-0.2, 0) is 21.6 Å². The van der Waals surface area contributed by atoms with Crippen LogP contribution >= 0.6 is 23.1 Å². The van der Waals surface area contributed by atoms with Crippen LogP contribution in [0.5, 0.6) is 0 Å². The van der Waals surface area contributed by atoms with Crippen molar-refractivity contribution >= 4 is 29.1 Å². The number of rotatable bonds is 10. The molecule has 35 heavy (non-hydrogen) atoms. The molecular weight excluding hydrogens is 474 g/mol. The molecule has 2 saturated carbocycles. The number of ether oxygens (including phenoxy) is 1. The summed E-state index contributed by atoms with van der Waals surface area (Å²) in [5, 5.41) is 13.6. The lowest BCUT2D eigenvalue weighted by Crippen LogP contribution is -2.42. The van der Waals surface area contributed by atoms with E-state index in [1.54, 1.807) is 11.8 Å². The van der Waals surface area contributed by atoms with Gasteiger partial charge in [-0.25, -0.2) is 4.79 Å². The molecular formula is C29H37NO3S2. The molecule has 3 aliphatic rings. The molecule has 188 valence electrons. The van der Waals surface area contributed by atoms with Gasteiger partial charge in [0.1, 0.15) is 6.10 Å². The van der Waals surface area contributed by atoms with Crippen LogP contribution in [0.15, 0.2) is 52.8 Å². The number of fused-ring (bicyclic) bond motifs is 2. The third kappa shape index (κ3) is 5.13. The first-order chi connectivity index (χ1) is 17.0. The first-order valence-electron chi connectivity index (χ1n) is 13.0. The number of nitrogens with zero attached hydrogens (tertiary/aromatic N) is 1. The average Bonchev–Trinajstić information content (AvgIpc) is 3.68. The summed E-state index contributed by atoms with van der Waals surface area (Å²) >= 11 is 3.00. The summed E-state index contributed by atoms with van der Waals surface area (Å²) in [6.07, 6.45) is 9.60. The largest absolute Gasteiger partial charge is 0.459 e. The first-order valence-corrected chi connectivity index (χ1v) is 14.9. The fraction of sp³-hybridized carbons (Fsp3) is 0.552. The number of aryl methyl sites for hydroxylation is 2. The highest BCUT2D eigenvalue weighted by Gasteiger charge is 2.54. The zero-order valence-corrected chi connectivity index (χ0v) is 22.5. The van der Waals surface area contributed by atoms with E-state index in [1.165, 1.54) is 35.3 Å². The smallest absolute Gasteiger partial charge is 0.349 e. The molecule has 5 rings (SSSR count). The molecule has 1 aliphatic heterocycles. The maximum atomic E-state index is 13.5. The molecule has 4 nitrogen and oxygen atoms in total. The molecule has 0 radical (unpaired) electrons. The van der Waals surface area contributed by atoms with Crippen molar-refractivity contribution in [3.63, 3.8) is 0 Å². The Morgan fingerprint density at radius 1 is 1.20 bits per heavy atom. The number of thioether (sulfide) groups is 1. The van der Waals surface area contributed by atoms with Crippen LogP contribution in [0.1, 0.15) is 54.5 Å². The quantitative estimate of drug-likeness (QED) is 0.316. The van der Waals surface area contributed by atoms with Gasteiger partial charge in [-0.1, -0.05) is 42.0 Å². The van der Waals surface area contributed by atoms with E-state index in [9.17, 15) is 9.90 Å². The molecule has 1 aromatic carbocycles. The molecule has 1 aromatic heterocycles. The SMILES string of the molecule is Cc1ccc(CCCCN(C)C2CC3CCC2C3OC(=O)C(O)(C2=CCCS2)c2cccs2)cc1. The Bertz CT molecular complexity index is 1030. The van der Waals surface area contributed by atoms with E-state index < -0.39 is 11.6 Å². The van der Waals surface area contributed by atoms with Crippen LogP contribution in [0, 0.1) is 18.8 Å². The molecule has 6 heteroatoms. The Morgan fingerprint density at radius 2 is 2.03 bits per heavy atom. The first kappa shape index (κ1) is 25.1. The zero-order valence-electron chi connectivity index (χ0n) is 20.8. The van der Waals surface area contributed by atoms with Gasteiger partial charge in [-0.3, -0.25) is 0 Å². The molecule has 2 aromatic rings. The minimum Gasteiger partial charge on any atom is -0.459 e. The van der Waals surface area contributed by atoms with Crippen molar-refractivity contribution < 1.29 is 14.6 Å². The summed E-state index contributed by atoms with van der Waals surface area (Å²) in [6.45, 7) is 3.20. The lowest BCUT2D eigenvalue weighted by molar-refractivity contribution is -0.169. The molecule has 2 bridgehead atoms. The number of carbonyl (C=O) groups excluding carboxylic acids is 1. The van der Waals surface area contributed by atoms with Crippen LogP contribution < -0.4 is 0 Å². The van der Waals surface area contributed by atoms with Gasteiger partial charge < -0.3 is 14.7 Å². The fourth-order valence-electron chi connectivity index (χ4n) is 6.22. The van der Waals surface area contributed by atoms with Crippen molar-refractivity contribution in [3.8, 4) is 0 Å². The Hall–Kier alpha value is -1.60. The number of allylic oxidation sites excluding steroid dienone is 1. The lowest BCUT2D eigenvalue weighted by atomic mass is 9.94. The molecule has 0 saturated heterocycles. The number of esters is 1. The van der Waals surface area contributed by atoms with Crippen LogP contribution in [0.3, 0.4) is 0 Å². The Labute approximate surface area is 217 Å². The van der Waals surface area contributed by atoms with Crippen LogP contribution in [0.25, 0.3) is 0 Å². The number of aliphatic hydroxyl groups is 1. The summed E-state index contributed by atoms with van der Waals surface area (Å²) in [6, 6.07) is 13.1.